The van der Waals surface area contributed by atoms with Crippen LogP contribution < -0.4 is 5.73 Å². The lowest BCUT2D eigenvalue weighted by atomic mass is 10.0. The van der Waals surface area contributed by atoms with Gasteiger partial charge in [-0.3, -0.25) is 4.98 Å². The van der Waals surface area contributed by atoms with Crippen LogP contribution in [0.2, 0.25) is 5.02 Å². The highest BCUT2D eigenvalue weighted by atomic mass is 35.5. The monoisotopic (exact) mass is 246 g/mol. The Balaban J connectivity index is 1.94. The van der Waals surface area contributed by atoms with E-state index in [0.29, 0.717) is 0 Å². The van der Waals surface area contributed by atoms with Crippen molar-refractivity contribution in [2.75, 3.05) is 0 Å². The largest absolute Gasteiger partial charge is 0.325 e. The first-order valence-electron chi connectivity index (χ1n) is 5.98. The van der Waals surface area contributed by atoms with E-state index in [1.54, 1.807) is 0 Å². The molecule has 0 aliphatic heterocycles. The van der Waals surface area contributed by atoms with E-state index in [1.807, 2.05) is 24.4 Å². The number of aryl methyl sites for hydroxylation is 1. The minimum Gasteiger partial charge on any atom is -0.325 e. The van der Waals surface area contributed by atoms with Gasteiger partial charge in [0.2, 0.25) is 0 Å². The molecule has 0 radical (unpaired) electrons. The molecule has 3 rings (SSSR count). The van der Waals surface area contributed by atoms with E-state index in [-0.39, 0.29) is 5.54 Å². The van der Waals surface area contributed by atoms with Gasteiger partial charge in [-0.05, 0) is 55.5 Å². The molecule has 1 fully saturated rings. The molecule has 2 nitrogen and oxygen atoms in total. The zero-order valence-corrected chi connectivity index (χ0v) is 10.4. The Hall–Kier alpha value is -1.12. The third-order valence-corrected chi connectivity index (χ3v) is 3.81. The van der Waals surface area contributed by atoms with E-state index in [2.05, 4.69) is 11.1 Å². The van der Waals surface area contributed by atoms with E-state index in [1.165, 1.54) is 5.56 Å². The zero-order valence-electron chi connectivity index (χ0n) is 9.62. The zero-order chi connectivity index (χ0) is 11.9. The number of fused-ring (bicyclic) bond motifs is 1. The summed E-state index contributed by atoms with van der Waals surface area (Å²) in [6, 6.07) is 7.92. The summed E-state index contributed by atoms with van der Waals surface area (Å²) in [4.78, 5) is 4.35. The molecule has 0 amide bonds. The van der Waals surface area contributed by atoms with Gasteiger partial charge in [0.15, 0.2) is 0 Å². The van der Waals surface area contributed by atoms with Gasteiger partial charge in [0.05, 0.1) is 5.52 Å². The second kappa shape index (κ2) is 3.97. The minimum atomic E-state index is 0.105. The molecule has 1 aromatic carbocycles. The van der Waals surface area contributed by atoms with E-state index in [9.17, 15) is 0 Å². The fraction of sp³-hybridized carbons (Fsp3) is 0.357. The molecule has 1 heterocycles. The molecule has 1 aromatic heterocycles. The van der Waals surface area contributed by atoms with E-state index < -0.39 is 0 Å². The second-order valence-electron chi connectivity index (χ2n) is 4.99. The summed E-state index contributed by atoms with van der Waals surface area (Å²) in [7, 11) is 0. The Morgan fingerprint density at radius 1 is 1.29 bits per heavy atom. The predicted molar refractivity (Wildman–Crippen MR) is 71.2 cm³/mol. The summed E-state index contributed by atoms with van der Waals surface area (Å²) in [5.74, 6) is 0. The number of pyridine rings is 1. The highest BCUT2D eigenvalue weighted by Crippen LogP contribution is 2.37. The molecule has 0 unspecified atom stereocenters. The third kappa shape index (κ3) is 2.28. The lowest BCUT2D eigenvalue weighted by molar-refractivity contribution is 0.610. The Labute approximate surface area is 106 Å². The minimum absolute atomic E-state index is 0.105. The fourth-order valence-electron chi connectivity index (χ4n) is 2.19. The van der Waals surface area contributed by atoms with Crippen molar-refractivity contribution in [1.29, 1.82) is 0 Å². The van der Waals surface area contributed by atoms with E-state index in [0.717, 1.165) is 41.6 Å². The van der Waals surface area contributed by atoms with Crippen molar-refractivity contribution in [3.8, 4) is 0 Å². The first kappa shape index (κ1) is 11.0. The Morgan fingerprint density at radius 2 is 2.12 bits per heavy atom. The van der Waals surface area contributed by atoms with Crippen molar-refractivity contribution >= 4 is 22.5 Å². The quantitative estimate of drug-likeness (QED) is 0.903. The number of benzene rings is 1. The Morgan fingerprint density at radius 3 is 2.88 bits per heavy atom. The molecule has 2 N–H and O–H groups in total. The molecule has 17 heavy (non-hydrogen) atoms. The van der Waals surface area contributed by atoms with Crippen LogP contribution in [0.4, 0.5) is 0 Å². The maximum Gasteiger partial charge on any atom is 0.0705 e. The number of hydrogen-bond acceptors (Lipinski definition) is 2. The molecule has 0 bridgehead atoms. The molecule has 1 aliphatic rings. The van der Waals surface area contributed by atoms with Crippen LogP contribution in [0.15, 0.2) is 30.5 Å². The van der Waals surface area contributed by atoms with E-state index >= 15 is 0 Å². The number of hydrogen-bond donors (Lipinski definition) is 1. The average Bonchev–Trinajstić information content (AvgIpc) is 3.05. The summed E-state index contributed by atoms with van der Waals surface area (Å²) in [6.45, 7) is 0. The van der Waals surface area contributed by atoms with Gasteiger partial charge in [-0.2, -0.15) is 0 Å². The van der Waals surface area contributed by atoms with Crippen molar-refractivity contribution < 1.29 is 0 Å². The lowest BCUT2D eigenvalue weighted by Crippen LogP contribution is -2.22. The fourth-order valence-corrected chi connectivity index (χ4v) is 2.36. The summed E-state index contributed by atoms with van der Waals surface area (Å²) in [5, 5.41) is 1.92. The van der Waals surface area contributed by atoms with Gasteiger partial charge in [-0.25, -0.2) is 0 Å². The van der Waals surface area contributed by atoms with Crippen LogP contribution in [0.3, 0.4) is 0 Å². The van der Waals surface area contributed by atoms with E-state index in [4.69, 9.17) is 17.3 Å². The van der Waals surface area contributed by atoms with Gasteiger partial charge in [-0.1, -0.05) is 11.6 Å². The first-order valence-corrected chi connectivity index (χ1v) is 6.36. The number of nitrogens with two attached hydrogens (primary N) is 1. The molecule has 2 aromatic rings. The summed E-state index contributed by atoms with van der Waals surface area (Å²) >= 11 is 6.04. The van der Waals surface area contributed by atoms with Crippen LogP contribution in [-0.4, -0.2) is 10.5 Å². The summed E-state index contributed by atoms with van der Waals surface area (Å²) in [5.41, 5.74) is 8.54. The molecule has 88 valence electrons. The number of nitrogens with zero attached hydrogens (tertiary/aromatic N) is 1. The standard InChI is InChI=1S/C14H15ClN2/c15-11-1-2-13-12(9-11)10(4-8-17-13)3-5-14(16)6-7-14/h1-2,4,8-9H,3,5-7,16H2. The van der Waals surface area contributed by atoms with Crippen LogP contribution >= 0.6 is 11.6 Å². The SMILES string of the molecule is NC1(CCc2ccnc3ccc(Cl)cc23)CC1. The molecular weight excluding hydrogens is 232 g/mol. The maximum absolute atomic E-state index is 6.13. The highest BCUT2D eigenvalue weighted by Gasteiger charge is 2.37. The highest BCUT2D eigenvalue weighted by molar-refractivity contribution is 6.31. The molecular formula is C14H15ClN2. The number of aromatic nitrogens is 1. The van der Waals surface area contributed by atoms with Crippen LogP contribution in [0.1, 0.15) is 24.8 Å². The number of rotatable bonds is 3. The van der Waals surface area contributed by atoms with Gasteiger partial charge < -0.3 is 5.73 Å². The smallest absolute Gasteiger partial charge is 0.0705 e. The molecule has 1 aliphatic carbocycles. The Kier molecular flexibility index (Phi) is 2.57. The summed E-state index contributed by atoms with van der Waals surface area (Å²) < 4.78 is 0. The van der Waals surface area contributed by atoms with Crippen molar-refractivity contribution in [3.05, 3.63) is 41.0 Å². The Bertz CT molecular complexity index is 561. The summed E-state index contributed by atoms with van der Waals surface area (Å²) in [6.07, 6.45) is 6.25. The van der Waals surface area contributed by atoms with Crippen molar-refractivity contribution in [2.24, 2.45) is 5.73 Å². The first-order chi connectivity index (χ1) is 8.16. The van der Waals surface area contributed by atoms with Gasteiger partial charge in [0, 0.05) is 22.1 Å². The molecule has 0 saturated heterocycles. The second-order valence-corrected chi connectivity index (χ2v) is 5.43. The van der Waals surface area contributed by atoms with Crippen molar-refractivity contribution in [1.82, 2.24) is 4.98 Å². The lowest BCUT2D eigenvalue weighted by Gasteiger charge is -2.10. The van der Waals surface area contributed by atoms with Crippen LogP contribution in [0.5, 0.6) is 0 Å². The van der Waals surface area contributed by atoms with Crippen molar-refractivity contribution in [3.63, 3.8) is 0 Å². The van der Waals surface area contributed by atoms with Gasteiger partial charge >= 0.3 is 0 Å². The van der Waals surface area contributed by atoms with Gasteiger partial charge in [0.25, 0.3) is 0 Å². The van der Waals surface area contributed by atoms with Crippen LogP contribution in [0, 0.1) is 0 Å². The molecule has 0 atom stereocenters. The number of halogens is 1. The van der Waals surface area contributed by atoms with Gasteiger partial charge in [-0.15, -0.1) is 0 Å². The molecule has 1 saturated carbocycles. The normalized spacial score (nSPS) is 17.3. The third-order valence-electron chi connectivity index (χ3n) is 3.58. The maximum atomic E-state index is 6.13. The van der Waals surface area contributed by atoms with Crippen LogP contribution in [-0.2, 0) is 6.42 Å². The van der Waals surface area contributed by atoms with Gasteiger partial charge in [0.1, 0.15) is 0 Å². The van der Waals surface area contributed by atoms with Crippen molar-refractivity contribution in [2.45, 2.75) is 31.2 Å². The topological polar surface area (TPSA) is 38.9 Å². The van der Waals surface area contributed by atoms with Crippen LogP contribution in [0.25, 0.3) is 10.9 Å². The molecule has 3 heteroatoms. The predicted octanol–water partition coefficient (Wildman–Crippen LogP) is 3.31. The average molecular weight is 247 g/mol. The molecule has 0 spiro atoms.